The fourth-order valence-corrected chi connectivity index (χ4v) is 5.48. The van der Waals surface area contributed by atoms with Crippen molar-refractivity contribution in [2.75, 3.05) is 26.2 Å². The number of nitrogens with one attached hydrogen (secondary N) is 1. The monoisotopic (exact) mass is 447 g/mol. The topological polar surface area (TPSA) is 69.7 Å². The molecular weight excluding hydrogens is 419 g/mol. The molecule has 168 valence electrons. The van der Waals surface area contributed by atoms with Crippen LogP contribution in [0.5, 0.6) is 0 Å². The lowest BCUT2D eigenvalue weighted by molar-refractivity contribution is -0.138. The standard InChI is InChI=1S/C20H28F3N3O3S/c1-13(2)25-7-9-26(10-8-25)20(27)14-3-5-15(6-4-14)24-30(28,29)16-11-17(21)19(23)18(22)12-16/h11-15,24H,3-10H2,1-2H3. The molecule has 0 unspecified atom stereocenters. The Kier molecular flexibility index (Phi) is 7.09. The average Bonchev–Trinajstić information content (AvgIpc) is 2.71. The van der Waals surface area contributed by atoms with Crippen molar-refractivity contribution < 1.29 is 26.4 Å². The molecule has 1 heterocycles. The maximum absolute atomic E-state index is 13.4. The van der Waals surface area contributed by atoms with Crippen molar-refractivity contribution in [2.24, 2.45) is 5.92 Å². The molecule has 1 aromatic rings. The van der Waals surface area contributed by atoms with Gasteiger partial charge in [0.15, 0.2) is 17.5 Å². The number of sulfonamides is 1. The Morgan fingerprint density at radius 3 is 2.03 bits per heavy atom. The molecule has 2 fully saturated rings. The molecule has 1 aliphatic heterocycles. The van der Waals surface area contributed by atoms with E-state index in [0.29, 0.717) is 56.9 Å². The highest BCUT2D eigenvalue weighted by atomic mass is 32.2. The van der Waals surface area contributed by atoms with E-state index in [-0.39, 0.29) is 11.8 Å². The van der Waals surface area contributed by atoms with E-state index < -0.39 is 38.4 Å². The molecule has 10 heteroatoms. The van der Waals surface area contributed by atoms with Gasteiger partial charge in [-0.25, -0.2) is 26.3 Å². The highest BCUT2D eigenvalue weighted by molar-refractivity contribution is 7.89. The molecule has 1 saturated heterocycles. The lowest BCUT2D eigenvalue weighted by Gasteiger charge is -2.39. The smallest absolute Gasteiger partial charge is 0.241 e. The first-order chi connectivity index (χ1) is 14.1. The molecule has 3 rings (SSSR count). The molecule has 0 radical (unpaired) electrons. The van der Waals surface area contributed by atoms with Crippen LogP contribution in [0.3, 0.4) is 0 Å². The number of carbonyl (C=O) groups excluding carboxylic acids is 1. The lowest BCUT2D eigenvalue weighted by atomic mass is 9.85. The summed E-state index contributed by atoms with van der Waals surface area (Å²) in [5.74, 6) is -4.84. The number of hydrogen-bond donors (Lipinski definition) is 1. The van der Waals surface area contributed by atoms with E-state index in [2.05, 4.69) is 23.5 Å². The molecule has 0 bridgehead atoms. The second kappa shape index (κ2) is 9.23. The van der Waals surface area contributed by atoms with Gasteiger partial charge < -0.3 is 4.90 Å². The summed E-state index contributed by atoms with van der Waals surface area (Å²) in [4.78, 5) is 16.4. The van der Waals surface area contributed by atoms with Crippen LogP contribution in [-0.4, -0.2) is 62.4 Å². The van der Waals surface area contributed by atoms with Gasteiger partial charge in [0.2, 0.25) is 15.9 Å². The molecule has 30 heavy (non-hydrogen) atoms. The third kappa shape index (κ3) is 5.15. The van der Waals surface area contributed by atoms with E-state index in [1.165, 1.54) is 0 Å². The largest absolute Gasteiger partial charge is 0.340 e. The summed E-state index contributed by atoms with van der Waals surface area (Å²) in [6.07, 6.45) is 1.99. The van der Waals surface area contributed by atoms with Crippen LogP contribution in [0, 0.1) is 23.4 Å². The number of carbonyl (C=O) groups is 1. The van der Waals surface area contributed by atoms with Crippen molar-refractivity contribution in [3.05, 3.63) is 29.6 Å². The zero-order valence-corrected chi connectivity index (χ0v) is 18.0. The van der Waals surface area contributed by atoms with Gasteiger partial charge in [0, 0.05) is 44.2 Å². The minimum absolute atomic E-state index is 0.113. The Morgan fingerprint density at radius 2 is 1.53 bits per heavy atom. The molecule has 1 amide bonds. The SMILES string of the molecule is CC(C)N1CCN(C(=O)C2CCC(NS(=O)(=O)c3cc(F)c(F)c(F)c3)CC2)CC1. The van der Waals surface area contributed by atoms with Gasteiger partial charge in [-0.05, 0) is 51.7 Å². The molecule has 1 aliphatic carbocycles. The minimum atomic E-state index is -4.19. The van der Waals surface area contributed by atoms with E-state index >= 15 is 0 Å². The Labute approximate surface area is 175 Å². The zero-order chi connectivity index (χ0) is 22.1. The first-order valence-corrected chi connectivity index (χ1v) is 11.8. The van der Waals surface area contributed by atoms with Crippen molar-refractivity contribution in [1.82, 2.24) is 14.5 Å². The van der Waals surface area contributed by atoms with E-state index in [4.69, 9.17) is 0 Å². The minimum Gasteiger partial charge on any atom is -0.340 e. The number of piperazine rings is 1. The van der Waals surface area contributed by atoms with Crippen molar-refractivity contribution in [3.63, 3.8) is 0 Å². The van der Waals surface area contributed by atoms with Gasteiger partial charge in [-0.2, -0.15) is 0 Å². The first kappa shape index (κ1) is 23.0. The van der Waals surface area contributed by atoms with Crippen LogP contribution in [-0.2, 0) is 14.8 Å². The quantitative estimate of drug-likeness (QED) is 0.705. The summed E-state index contributed by atoms with van der Waals surface area (Å²) in [5, 5.41) is 0. The van der Waals surface area contributed by atoms with Gasteiger partial charge in [-0.1, -0.05) is 0 Å². The molecule has 2 aliphatic rings. The molecule has 0 atom stereocenters. The highest BCUT2D eigenvalue weighted by Gasteiger charge is 2.33. The fraction of sp³-hybridized carbons (Fsp3) is 0.650. The van der Waals surface area contributed by atoms with Crippen molar-refractivity contribution in [2.45, 2.75) is 56.5 Å². The van der Waals surface area contributed by atoms with Gasteiger partial charge in [-0.3, -0.25) is 9.69 Å². The third-order valence-corrected chi connectivity index (χ3v) is 7.52. The summed E-state index contributed by atoms with van der Waals surface area (Å²) in [6.45, 7) is 7.37. The van der Waals surface area contributed by atoms with Gasteiger partial charge in [0.1, 0.15) is 0 Å². The average molecular weight is 448 g/mol. The normalized spacial score (nSPS) is 23.7. The number of benzene rings is 1. The Morgan fingerprint density at radius 1 is 1.00 bits per heavy atom. The van der Waals surface area contributed by atoms with Crippen LogP contribution in [0.1, 0.15) is 39.5 Å². The van der Waals surface area contributed by atoms with E-state index in [1.807, 2.05) is 4.90 Å². The van der Waals surface area contributed by atoms with Crippen LogP contribution >= 0.6 is 0 Å². The molecule has 0 spiro atoms. The number of hydrogen-bond acceptors (Lipinski definition) is 4. The maximum atomic E-state index is 13.4. The number of amides is 1. The van der Waals surface area contributed by atoms with Gasteiger partial charge in [-0.15, -0.1) is 0 Å². The van der Waals surface area contributed by atoms with Gasteiger partial charge in [0.05, 0.1) is 4.90 Å². The predicted octanol–water partition coefficient (Wildman–Crippen LogP) is 2.49. The third-order valence-electron chi connectivity index (χ3n) is 6.02. The second-order valence-corrected chi connectivity index (χ2v) is 10.0. The van der Waals surface area contributed by atoms with Crippen LogP contribution in [0.15, 0.2) is 17.0 Å². The highest BCUT2D eigenvalue weighted by Crippen LogP contribution is 2.28. The summed E-state index contributed by atoms with van der Waals surface area (Å²) in [6, 6.07) is 0.946. The summed E-state index contributed by atoms with van der Waals surface area (Å²) in [5.41, 5.74) is 0. The Balaban J connectivity index is 1.54. The zero-order valence-electron chi connectivity index (χ0n) is 17.2. The van der Waals surface area contributed by atoms with Crippen molar-refractivity contribution in [3.8, 4) is 0 Å². The maximum Gasteiger partial charge on any atom is 0.241 e. The summed E-state index contributed by atoms with van der Waals surface area (Å²) >= 11 is 0. The summed E-state index contributed by atoms with van der Waals surface area (Å²) < 4.78 is 67.1. The second-order valence-electron chi connectivity index (χ2n) is 8.33. The summed E-state index contributed by atoms with van der Waals surface area (Å²) in [7, 11) is -4.19. The van der Waals surface area contributed by atoms with Crippen molar-refractivity contribution >= 4 is 15.9 Å². The molecule has 1 N–H and O–H groups in total. The van der Waals surface area contributed by atoms with Crippen LogP contribution in [0.25, 0.3) is 0 Å². The van der Waals surface area contributed by atoms with Gasteiger partial charge >= 0.3 is 0 Å². The van der Waals surface area contributed by atoms with Crippen LogP contribution < -0.4 is 4.72 Å². The fourth-order valence-electron chi connectivity index (χ4n) is 4.15. The number of nitrogens with zero attached hydrogens (tertiary/aromatic N) is 2. The lowest BCUT2D eigenvalue weighted by Crippen LogP contribution is -2.52. The van der Waals surface area contributed by atoms with Crippen LogP contribution in [0.4, 0.5) is 13.2 Å². The van der Waals surface area contributed by atoms with Gasteiger partial charge in [0.25, 0.3) is 0 Å². The number of halogens is 3. The number of rotatable bonds is 5. The Hall–Kier alpha value is -1.65. The molecule has 6 nitrogen and oxygen atoms in total. The molecule has 1 saturated carbocycles. The first-order valence-electron chi connectivity index (χ1n) is 10.3. The Bertz CT molecular complexity index is 856. The molecular formula is C20H28F3N3O3S. The van der Waals surface area contributed by atoms with E-state index in [1.54, 1.807) is 0 Å². The molecule has 0 aromatic heterocycles. The van der Waals surface area contributed by atoms with Crippen molar-refractivity contribution in [1.29, 1.82) is 0 Å². The predicted molar refractivity (Wildman–Crippen MR) is 106 cm³/mol. The van der Waals surface area contributed by atoms with Crippen LogP contribution in [0.2, 0.25) is 0 Å². The van der Waals surface area contributed by atoms with E-state index in [9.17, 15) is 26.4 Å². The molecule has 1 aromatic carbocycles. The van der Waals surface area contributed by atoms with E-state index in [0.717, 1.165) is 13.1 Å².